The molecule has 8 nitrogen and oxygen atoms in total. The van der Waals surface area contributed by atoms with Crippen LogP contribution in [0.1, 0.15) is 43.0 Å². The van der Waals surface area contributed by atoms with Crippen LogP contribution in [0.15, 0.2) is 35.4 Å². The predicted octanol–water partition coefficient (Wildman–Crippen LogP) is 3.04. The Labute approximate surface area is 203 Å². The Morgan fingerprint density at radius 2 is 1.80 bits per heavy atom. The molecule has 1 atom stereocenters. The summed E-state index contributed by atoms with van der Waals surface area (Å²) < 4.78 is 52.0. The summed E-state index contributed by atoms with van der Waals surface area (Å²) in [6, 6.07) is 4.32. The second-order valence-corrected chi connectivity index (χ2v) is 11.1. The molecular formula is C24H28F2N4O4S. The topological polar surface area (TPSA) is 99.7 Å². The van der Waals surface area contributed by atoms with Gasteiger partial charge in [-0.15, -0.1) is 0 Å². The molecule has 2 aliphatic heterocycles. The molecule has 35 heavy (non-hydrogen) atoms. The summed E-state index contributed by atoms with van der Waals surface area (Å²) in [5.74, 6) is -1.41. The number of likely N-dealkylation sites (tertiary alicyclic amines) is 1. The predicted molar refractivity (Wildman–Crippen MR) is 127 cm³/mol. The smallest absolute Gasteiger partial charge is 0.245 e. The highest BCUT2D eigenvalue weighted by atomic mass is 32.2. The number of rotatable bonds is 6. The lowest BCUT2D eigenvalue weighted by Gasteiger charge is -2.42. The molecule has 1 amide bonds. The molecule has 0 unspecified atom stereocenters. The molecule has 2 fully saturated rings. The first-order valence-corrected chi connectivity index (χ1v) is 13.4. The van der Waals surface area contributed by atoms with Crippen molar-refractivity contribution < 1.29 is 26.8 Å². The van der Waals surface area contributed by atoms with Gasteiger partial charge in [-0.05, 0) is 50.8 Å². The van der Waals surface area contributed by atoms with E-state index in [-0.39, 0.29) is 23.4 Å². The van der Waals surface area contributed by atoms with Gasteiger partial charge in [0.2, 0.25) is 5.91 Å². The first-order valence-electron chi connectivity index (χ1n) is 11.5. The largest absolute Gasteiger partial charge is 0.371 e. The number of hydrogen-bond donors (Lipinski definition) is 1. The molecule has 3 heterocycles. The number of benzene rings is 1. The summed E-state index contributed by atoms with van der Waals surface area (Å²) in [5, 5.41) is 2.79. The number of nitrogens with zero attached hydrogens (tertiary/aromatic N) is 3. The van der Waals surface area contributed by atoms with Crippen LogP contribution in [0.5, 0.6) is 0 Å². The molecule has 4 rings (SSSR count). The van der Waals surface area contributed by atoms with E-state index in [1.165, 1.54) is 6.92 Å². The molecule has 0 spiro atoms. The summed E-state index contributed by atoms with van der Waals surface area (Å²) in [6.07, 6.45) is 5.03. The quantitative estimate of drug-likeness (QED) is 0.601. The van der Waals surface area contributed by atoms with Crippen LogP contribution in [-0.4, -0.2) is 68.0 Å². The Kier molecular flexibility index (Phi) is 7.07. The first kappa shape index (κ1) is 25.0. The van der Waals surface area contributed by atoms with Gasteiger partial charge in [-0.25, -0.2) is 22.2 Å². The fourth-order valence-corrected chi connectivity index (χ4v) is 5.43. The number of halogens is 2. The van der Waals surface area contributed by atoms with Crippen LogP contribution in [0.4, 0.5) is 20.3 Å². The number of amides is 1. The van der Waals surface area contributed by atoms with Crippen molar-refractivity contribution in [2.45, 2.75) is 49.6 Å². The molecule has 1 N–H and O–H groups in total. The summed E-state index contributed by atoms with van der Waals surface area (Å²) in [5.41, 5.74) is 0.327. The van der Waals surface area contributed by atoms with Gasteiger partial charge in [-0.1, -0.05) is 0 Å². The van der Waals surface area contributed by atoms with Crippen molar-refractivity contribution in [3.63, 3.8) is 0 Å². The fourth-order valence-electron chi connectivity index (χ4n) is 4.70. The summed E-state index contributed by atoms with van der Waals surface area (Å²) in [4.78, 5) is 32.2. The molecular weight excluding hydrogens is 478 g/mol. The number of Topliss-reactive ketones (excluding diaryl/α,β-unsaturated/α-hetero) is 1. The van der Waals surface area contributed by atoms with Crippen LogP contribution in [0.2, 0.25) is 0 Å². The molecule has 0 bridgehead atoms. The molecule has 0 radical (unpaired) electrons. The number of aromatic nitrogens is 1. The van der Waals surface area contributed by atoms with Crippen molar-refractivity contribution >= 4 is 33.0 Å². The highest BCUT2D eigenvalue weighted by Gasteiger charge is 2.35. The van der Waals surface area contributed by atoms with E-state index in [9.17, 15) is 26.8 Å². The maximum absolute atomic E-state index is 14.5. The zero-order valence-electron chi connectivity index (χ0n) is 19.6. The maximum Gasteiger partial charge on any atom is 0.245 e. The van der Waals surface area contributed by atoms with Crippen LogP contribution >= 0.6 is 0 Å². The fraction of sp³-hybridized carbons (Fsp3) is 0.458. The van der Waals surface area contributed by atoms with Gasteiger partial charge in [0.1, 0.15) is 28.4 Å². The summed E-state index contributed by atoms with van der Waals surface area (Å²) in [6.45, 7) is 3.49. The average molecular weight is 507 g/mol. The SMILES string of the molecule is CC(=O)c1ccc(N2CCC(N3CCC[C@H](Nc4cc(F)c(S(C)(=O)=O)cc4F)C3=O)CC2)nc1. The van der Waals surface area contributed by atoms with E-state index < -0.39 is 32.4 Å². The zero-order valence-corrected chi connectivity index (χ0v) is 20.4. The second kappa shape index (κ2) is 9.88. The highest BCUT2D eigenvalue weighted by Crippen LogP contribution is 2.28. The van der Waals surface area contributed by atoms with Crippen LogP contribution in [0.3, 0.4) is 0 Å². The number of hydrogen-bond acceptors (Lipinski definition) is 7. The van der Waals surface area contributed by atoms with Crippen molar-refractivity contribution in [1.29, 1.82) is 0 Å². The molecule has 2 aliphatic rings. The molecule has 11 heteroatoms. The van der Waals surface area contributed by atoms with Crippen molar-refractivity contribution in [1.82, 2.24) is 9.88 Å². The number of pyridine rings is 1. The van der Waals surface area contributed by atoms with Crippen molar-refractivity contribution in [3.05, 3.63) is 47.7 Å². The molecule has 1 aromatic carbocycles. The molecule has 0 saturated carbocycles. The van der Waals surface area contributed by atoms with Gasteiger partial charge < -0.3 is 15.1 Å². The van der Waals surface area contributed by atoms with Gasteiger partial charge in [0.05, 0.1) is 5.69 Å². The minimum absolute atomic E-state index is 0.0223. The van der Waals surface area contributed by atoms with Gasteiger partial charge in [-0.3, -0.25) is 9.59 Å². The van der Waals surface area contributed by atoms with E-state index in [2.05, 4.69) is 15.2 Å². The molecule has 2 saturated heterocycles. The van der Waals surface area contributed by atoms with Crippen molar-refractivity contribution in [2.75, 3.05) is 36.1 Å². The summed E-state index contributed by atoms with van der Waals surface area (Å²) >= 11 is 0. The number of carbonyl (C=O) groups excluding carboxylic acids is 2. The Bertz CT molecular complexity index is 1230. The number of sulfone groups is 1. The molecule has 2 aromatic rings. The van der Waals surface area contributed by atoms with Crippen LogP contribution in [0, 0.1) is 11.6 Å². The molecule has 1 aromatic heterocycles. The minimum atomic E-state index is -3.91. The van der Waals surface area contributed by atoms with Gasteiger partial charge in [-0.2, -0.15) is 0 Å². The highest BCUT2D eigenvalue weighted by molar-refractivity contribution is 7.90. The summed E-state index contributed by atoms with van der Waals surface area (Å²) in [7, 11) is -3.91. The third-order valence-corrected chi connectivity index (χ3v) is 7.72. The van der Waals surface area contributed by atoms with Gasteiger partial charge >= 0.3 is 0 Å². The number of carbonyl (C=O) groups is 2. The zero-order chi connectivity index (χ0) is 25.3. The number of piperidine rings is 2. The Hall–Kier alpha value is -3.08. The Morgan fingerprint density at radius 1 is 1.09 bits per heavy atom. The normalized spacial score (nSPS) is 19.7. The van der Waals surface area contributed by atoms with E-state index in [1.807, 2.05) is 11.0 Å². The van der Waals surface area contributed by atoms with Gasteiger partial charge in [0, 0.05) is 49.8 Å². The number of anilines is 2. The number of ketones is 1. The lowest BCUT2D eigenvalue weighted by atomic mass is 9.97. The van der Waals surface area contributed by atoms with Gasteiger partial charge in [0.15, 0.2) is 15.6 Å². The maximum atomic E-state index is 14.5. The van der Waals surface area contributed by atoms with Crippen molar-refractivity contribution in [2.24, 2.45) is 0 Å². The van der Waals surface area contributed by atoms with E-state index in [4.69, 9.17) is 0 Å². The van der Waals surface area contributed by atoms with Gasteiger partial charge in [0.25, 0.3) is 0 Å². The van der Waals surface area contributed by atoms with E-state index >= 15 is 0 Å². The average Bonchev–Trinajstić information content (AvgIpc) is 2.82. The van der Waals surface area contributed by atoms with E-state index in [0.29, 0.717) is 44.1 Å². The lowest BCUT2D eigenvalue weighted by molar-refractivity contribution is -0.137. The Balaban J connectivity index is 1.40. The van der Waals surface area contributed by atoms with Crippen LogP contribution in [0.25, 0.3) is 0 Å². The Morgan fingerprint density at radius 3 is 2.40 bits per heavy atom. The van der Waals surface area contributed by atoms with E-state index in [1.54, 1.807) is 12.3 Å². The third-order valence-electron chi connectivity index (χ3n) is 6.61. The van der Waals surface area contributed by atoms with Crippen LogP contribution in [-0.2, 0) is 14.6 Å². The van der Waals surface area contributed by atoms with E-state index in [0.717, 1.165) is 31.0 Å². The van der Waals surface area contributed by atoms with Crippen molar-refractivity contribution in [3.8, 4) is 0 Å². The standard InChI is InChI=1S/C24H28F2N4O4S/c1-15(31)16-5-6-23(27-14-16)29-10-7-17(8-11-29)30-9-3-4-20(24(30)32)28-21-12-19(26)22(13-18(21)25)35(2,33)34/h5-6,12-14,17,20,28H,3-4,7-11H2,1-2H3/t20-/m0/s1. The first-order chi connectivity index (χ1) is 16.5. The molecule has 188 valence electrons. The third kappa shape index (κ3) is 5.44. The number of nitrogens with one attached hydrogen (secondary N) is 1. The lowest BCUT2D eigenvalue weighted by Crippen LogP contribution is -2.54. The minimum Gasteiger partial charge on any atom is -0.371 e. The van der Waals surface area contributed by atoms with Crippen LogP contribution < -0.4 is 10.2 Å². The molecule has 0 aliphatic carbocycles. The second-order valence-electron chi connectivity index (χ2n) is 9.08. The monoisotopic (exact) mass is 506 g/mol.